The molecule has 1 unspecified atom stereocenters. The highest BCUT2D eigenvalue weighted by molar-refractivity contribution is 9.10. The minimum Gasteiger partial charge on any atom is -0.389 e. The Bertz CT molecular complexity index is 481. The van der Waals surface area contributed by atoms with Gasteiger partial charge in [0.05, 0.1) is 11.5 Å². The number of amides is 1. The van der Waals surface area contributed by atoms with Crippen molar-refractivity contribution < 1.29 is 9.90 Å². The lowest BCUT2D eigenvalue weighted by Crippen LogP contribution is -2.46. The minimum atomic E-state index is -0.916. The summed E-state index contributed by atoms with van der Waals surface area (Å²) in [5.74, 6) is -0.497. The van der Waals surface area contributed by atoms with E-state index in [2.05, 4.69) is 15.9 Å². The van der Waals surface area contributed by atoms with E-state index in [0.29, 0.717) is 12.8 Å². The molecule has 1 fully saturated rings. The number of carbonyl (C=O) groups excluding carboxylic acids is 1. The van der Waals surface area contributed by atoms with E-state index in [1.54, 1.807) is 19.0 Å². The number of rotatable bonds is 3. The molecule has 1 saturated carbocycles. The second-order valence-electron chi connectivity index (χ2n) is 5.88. The highest BCUT2D eigenvalue weighted by Crippen LogP contribution is 2.41. The zero-order valence-electron chi connectivity index (χ0n) is 12.1. The third kappa shape index (κ3) is 3.23. The average molecular weight is 340 g/mol. The molecule has 110 valence electrons. The van der Waals surface area contributed by atoms with Gasteiger partial charge in [-0.2, -0.15) is 0 Å². The Morgan fingerprint density at radius 1 is 1.30 bits per heavy atom. The molecule has 1 N–H and O–H groups in total. The van der Waals surface area contributed by atoms with Crippen LogP contribution < -0.4 is 0 Å². The van der Waals surface area contributed by atoms with Gasteiger partial charge in [-0.15, -0.1) is 0 Å². The maximum absolute atomic E-state index is 12.6. The maximum atomic E-state index is 12.6. The molecule has 3 nitrogen and oxygen atoms in total. The molecule has 0 aromatic heterocycles. The van der Waals surface area contributed by atoms with E-state index in [1.165, 1.54) is 0 Å². The van der Waals surface area contributed by atoms with Crippen LogP contribution in [-0.2, 0) is 4.79 Å². The third-order valence-corrected chi connectivity index (χ3v) is 4.62. The van der Waals surface area contributed by atoms with Gasteiger partial charge < -0.3 is 10.0 Å². The zero-order valence-corrected chi connectivity index (χ0v) is 13.7. The lowest BCUT2D eigenvalue weighted by molar-refractivity contribution is -0.139. The zero-order chi connectivity index (χ0) is 14.8. The molecule has 0 saturated heterocycles. The van der Waals surface area contributed by atoms with E-state index in [4.69, 9.17) is 0 Å². The molecule has 20 heavy (non-hydrogen) atoms. The highest BCUT2D eigenvalue weighted by atomic mass is 79.9. The third-order valence-electron chi connectivity index (χ3n) is 4.13. The van der Waals surface area contributed by atoms with E-state index in [9.17, 15) is 9.90 Å². The first-order chi connectivity index (χ1) is 9.44. The van der Waals surface area contributed by atoms with Crippen molar-refractivity contribution in [2.75, 3.05) is 14.1 Å². The Morgan fingerprint density at radius 2 is 1.95 bits per heavy atom. The summed E-state index contributed by atoms with van der Waals surface area (Å²) in [6.45, 7) is 0. The number of halogens is 1. The van der Waals surface area contributed by atoms with E-state index in [-0.39, 0.29) is 5.91 Å². The molecule has 1 atom stereocenters. The fourth-order valence-corrected chi connectivity index (χ4v) is 3.50. The summed E-state index contributed by atoms with van der Waals surface area (Å²) in [6.07, 6.45) is 4.51. The van der Waals surface area contributed by atoms with Gasteiger partial charge in [-0.25, -0.2) is 0 Å². The van der Waals surface area contributed by atoms with Crippen LogP contribution in [0.4, 0.5) is 0 Å². The van der Waals surface area contributed by atoms with Crippen molar-refractivity contribution in [3.63, 3.8) is 0 Å². The number of likely N-dealkylation sites (N-methyl/N-ethyl adjacent to an activating group) is 1. The Labute approximate surface area is 129 Å². The Hall–Kier alpha value is -0.870. The number of nitrogens with zero attached hydrogens (tertiary/aromatic N) is 1. The summed E-state index contributed by atoms with van der Waals surface area (Å²) < 4.78 is 0.936. The molecule has 0 aliphatic heterocycles. The molecule has 1 aromatic rings. The van der Waals surface area contributed by atoms with Gasteiger partial charge in [0.2, 0.25) is 5.91 Å². The number of hydrogen-bond acceptors (Lipinski definition) is 2. The molecule has 1 aliphatic carbocycles. The molecule has 1 aliphatic rings. The van der Waals surface area contributed by atoms with Crippen molar-refractivity contribution in [1.82, 2.24) is 4.90 Å². The van der Waals surface area contributed by atoms with E-state index in [0.717, 1.165) is 29.3 Å². The molecule has 0 bridgehead atoms. The molecule has 0 radical (unpaired) electrons. The highest BCUT2D eigenvalue weighted by Gasteiger charge is 2.43. The van der Waals surface area contributed by atoms with Crippen LogP contribution in [-0.4, -0.2) is 35.6 Å². The van der Waals surface area contributed by atoms with E-state index in [1.807, 2.05) is 24.3 Å². The normalized spacial score (nSPS) is 19.4. The van der Waals surface area contributed by atoms with Crippen LogP contribution in [0.5, 0.6) is 0 Å². The molecular weight excluding hydrogens is 318 g/mol. The number of hydrogen-bond donors (Lipinski definition) is 1. The summed E-state index contributed by atoms with van der Waals surface area (Å²) in [6, 6.07) is 7.73. The summed E-state index contributed by atoms with van der Waals surface area (Å²) in [4.78, 5) is 14.2. The van der Waals surface area contributed by atoms with Gasteiger partial charge in [-0.1, -0.05) is 47.3 Å². The number of benzene rings is 1. The Morgan fingerprint density at radius 3 is 2.50 bits per heavy atom. The Balaban J connectivity index is 2.41. The van der Waals surface area contributed by atoms with Crippen LogP contribution in [0.1, 0.15) is 43.6 Å². The molecule has 0 spiro atoms. The molecule has 4 heteroatoms. The molecule has 0 heterocycles. The van der Waals surface area contributed by atoms with Crippen molar-refractivity contribution in [3.8, 4) is 0 Å². The van der Waals surface area contributed by atoms with Crippen LogP contribution in [0.2, 0.25) is 0 Å². The van der Waals surface area contributed by atoms with Crippen LogP contribution in [0.15, 0.2) is 28.7 Å². The lowest BCUT2D eigenvalue weighted by atomic mass is 9.72. The fraction of sp³-hybridized carbons (Fsp3) is 0.562. The summed E-state index contributed by atoms with van der Waals surface area (Å²) in [5.41, 5.74) is -0.0251. The maximum Gasteiger partial charge on any atom is 0.232 e. The summed E-state index contributed by atoms with van der Waals surface area (Å²) in [5, 5.41) is 11.0. The van der Waals surface area contributed by atoms with Crippen LogP contribution in [0.25, 0.3) is 0 Å². The second-order valence-corrected chi connectivity index (χ2v) is 6.80. The first-order valence-corrected chi connectivity index (χ1v) is 7.92. The smallest absolute Gasteiger partial charge is 0.232 e. The van der Waals surface area contributed by atoms with Crippen LogP contribution >= 0.6 is 15.9 Å². The van der Waals surface area contributed by atoms with Crippen molar-refractivity contribution >= 4 is 21.8 Å². The van der Waals surface area contributed by atoms with Crippen LogP contribution in [0.3, 0.4) is 0 Å². The first-order valence-electron chi connectivity index (χ1n) is 7.13. The van der Waals surface area contributed by atoms with Crippen molar-refractivity contribution in [2.24, 2.45) is 0 Å². The van der Waals surface area contributed by atoms with Gasteiger partial charge in [-0.3, -0.25) is 4.79 Å². The van der Waals surface area contributed by atoms with Gasteiger partial charge in [0, 0.05) is 18.6 Å². The second kappa shape index (κ2) is 6.27. The average Bonchev–Trinajstić information content (AvgIpc) is 2.39. The predicted molar refractivity (Wildman–Crippen MR) is 83.6 cm³/mol. The molecule has 1 aromatic carbocycles. The van der Waals surface area contributed by atoms with Crippen LogP contribution in [0, 0.1) is 0 Å². The van der Waals surface area contributed by atoms with Crippen molar-refractivity contribution in [1.29, 1.82) is 0 Å². The predicted octanol–water partition coefficient (Wildman–Crippen LogP) is 3.32. The topological polar surface area (TPSA) is 40.5 Å². The van der Waals surface area contributed by atoms with Gasteiger partial charge in [0.25, 0.3) is 0 Å². The number of aliphatic hydroxyl groups is 1. The van der Waals surface area contributed by atoms with Gasteiger partial charge in [0.15, 0.2) is 0 Å². The SMILES string of the molecule is CN(C)C(=O)C(c1cccc(Br)c1)C1(O)CCCCC1. The quantitative estimate of drug-likeness (QED) is 0.917. The van der Waals surface area contributed by atoms with E-state index < -0.39 is 11.5 Å². The molecule has 2 rings (SSSR count). The Kier molecular flexibility index (Phi) is 4.86. The lowest BCUT2D eigenvalue weighted by Gasteiger charge is -2.39. The standard InChI is InChI=1S/C16H22BrNO2/c1-18(2)15(19)14(12-7-6-8-13(17)11-12)16(20)9-4-3-5-10-16/h6-8,11,14,20H,3-5,9-10H2,1-2H3. The van der Waals surface area contributed by atoms with E-state index >= 15 is 0 Å². The van der Waals surface area contributed by atoms with Crippen molar-refractivity contribution in [3.05, 3.63) is 34.3 Å². The number of carbonyl (C=O) groups is 1. The largest absolute Gasteiger partial charge is 0.389 e. The van der Waals surface area contributed by atoms with Gasteiger partial charge in [-0.05, 0) is 30.5 Å². The molecule has 1 amide bonds. The summed E-state index contributed by atoms with van der Waals surface area (Å²) >= 11 is 3.45. The van der Waals surface area contributed by atoms with Crippen molar-refractivity contribution in [2.45, 2.75) is 43.6 Å². The summed E-state index contributed by atoms with van der Waals surface area (Å²) in [7, 11) is 3.50. The van der Waals surface area contributed by atoms with Gasteiger partial charge >= 0.3 is 0 Å². The first kappa shape index (κ1) is 15.5. The fourth-order valence-electron chi connectivity index (χ4n) is 3.08. The minimum absolute atomic E-state index is 0.0208. The van der Waals surface area contributed by atoms with Gasteiger partial charge in [0.1, 0.15) is 0 Å². The molecular formula is C16H22BrNO2. The monoisotopic (exact) mass is 339 g/mol.